The quantitative estimate of drug-likeness (QED) is 0.814. The molecule has 0 unspecified atom stereocenters. The number of hydrogen-bond acceptors (Lipinski definition) is 3. The van der Waals surface area contributed by atoms with Gasteiger partial charge in [0.25, 0.3) is 5.91 Å². The summed E-state index contributed by atoms with van der Waals surface area (Å²) in [5, 5.41) is 13.3. The van der Waals surface area contributed by atoms with Crippen molar-refractivity contribution in [2.75, 3.05) is 6.54 Å². The molecule has 0 aliphatic carbocycles. The summed E-state index contributed by atoms with van der Waals surface area (Å²) >= 11 is 3.24. The number of hydrogen-bond donors (Lipinski definition) is 2. The number of carbonyl (C=O) groups excluding carboxylic acids is 1. The third kappa shape index (κ3) is 3.16. The molecular formula is C10H12BrN5O. The first-order valence-corrected chi connectivity index (χ1v) is 6.01. The minimum Gasteiger partial charge on any atom is -0.351 e. The lowest BCUT2D eigenvalue weighted by atomic mass is 10.3. The van der Waals surface area contributed by atoms with Crippen LogP contribution in [-0.2, 0) is 6.54 Å². The maximum Gasteiger partial charge on any atom is 0.270 e. The van der Waals surface area contributed by atoms with Crippen LogP contribution >= 0.6 is 15.9 Å². The number of rotatable bonds is 5. The molecule has 90 valence electrons. The highest BCUT2D eigenvalue weighted by Crippen LogP contribution is 2.11. The van der Waals surface area contributed by atoms with Gasteiger partial charge in [0.2, 0.25) is 0 Å². The van der Waals surface area contributed by atoms with E-state index in [2.05, 4.69) is 36.5 Å². The predicted molar refractivity (Wildman–Crippen MR) is 65.5 cm³/mol. The monoisotopic (exact) mass is 297 g/mol. The van der Waals surface area contributed by atoms with Crippen molar-refractivity contribution >= 4 is 21.8 Å². The van der Waals surface area contributed by atoms with Gasteiger partial charge in [-0.3, -0.25) is 14.6 Å². The zero-order chi connectivity index (χ0) is 12.1. The molecule has 0 saturated carbocycles. The van der Waals surface area contributed by atoms with E-state index in [4.69, 9.17) is 0 Å². The third-order valence-corrected chi connectivity index (χ3v) is 2.83. The number of amides is 1. The van der Waals surface area contributed by atoms with Gasteiger partial charge in [0.1, 0.15) is 5.69 Å². The number of aryl methyl sites for hydroxylation is 1. The highest BCUT2D eigenvalue weighted by atomic mass is 79.9. The number of nitrogens with one attached hydrogen (secondary N) is 2. The van der Waals surface area contributed by atoms with Gasteiger partial charge < -0.3 is 5.32 Å². The van der Waals surface area contributed by atoms with Gasteiger partial charge in [-0.2, -0.15) is 10.2 Å². The van der Waals surface area contributed by atoms with Gasteiger partial charge in [0.15, 0.2) is 0 Å². The first-order chi connectivity index (χ1) is 8.27. The Morgan fingerprint density at radius 2 is 2.47 bits per heavy atom. The van der Waals surface area contributed by atoms with Crippen LogP contribution in [0.5, 0.6) is 0 Å². The Hall–Kier alpha value is -1.63. The van der Waals surface area contributed by atoms with Crippen LogP contribution in [0.4, 0.5) is 0 Å². The molecule has 0 aliphatic rings. The number of aromatic nitrogens is 4. The lowest BCUT2D eigenvalue weighted by Crippen LogP contribution is -2.26. The highest BCUT2D eigenvalue weighted by Gasteiger charge is 2.10. The Morgan fingerprint density at radius 1 is 1.59 bits per heavy atom. The van der Waals surface area contributed by atoms with Crippen molar-refractivity contribution in [3.63, 3.8) is 0 Å². The molecule has 17 heavy (non-hydrogen) atoms. The molecule has 0 atom stereocenters. The van der Waals surface area contributed by atoms with E-state index in [9.17, 15) is 4.79 Å². The van der Waals surface area contributed by atoms with Gasteiger partial charge >= 0.3 is 0 Å². The molecule has 2 N–H and O–H groups in total. The van der Waals surface area contributed by atoms with Gasteiger partial charge in [-0.15, -0.1) is 0 Å². The van der Waals surface area contributed by atoms with Gasteiger partial charge in [0, 0.05) is 25.5 Å². The number of nitrogens with zero attached hydrogens (tertiary/aromatic N) is 3. The molecule has 2 heterocycles. The maximum absolute atomic E-state index is 11.7. The van der Waals surface area contributed by atoms with E-state index < -0.39 is 0 Å². The summed E-state index contributed by atoms with van der Waals surface area (Å²) in [4.78, 5) is 11.7. The molecule has 2 aromatic rings. The van der Waals surface area contributed by atoms with Crippen molar-refractivity contribution in [2.24, 2.45) is 0 Å². The first-order valence-electron chi connectivity index (χ1n) is 5.22. The molecule has 0 saturated heterocycles. The van der Waals surface area contributed by atoms with E-state index in [0.29, 0.717) is 16.7 Å². The molecule has 0 spiro atoms. The summed E-state index contributed by atoms with van der Waals surface area (Å²) in [5.74, 6) is -0.158. The fraction of sp³-hybridized carbons (Fsp3) is 0.300. The van der Waals surface area contributed by atoms with Crippen molar-refractivity contribution in [2.45, 2.75) is 13.0 Å². The van der Waals surface area contributed by atoms with Crippen LogP contribution in [0, 0.1) is 0 Å². The van der Waals surface area contributed by atoms with Crippen LogP contribution < -0.4 is 5.32 Å². The molecule has 0 fully saturated rings. The second-order valence-corrected chi connectivity index (χ2v) is 4.33. The van der Waals surface area contributed by atoms with Crippen molar-refractivity contribution in [3.05, 3.63) is 34.8 Å². The molecule has 2 aromatic heterocycles. The first kappa shape index (κ1) is 11.8. The topological polar surface area (TPSA) is 75.6 Å². The Kier molecular flexibility index (Phi) is 3.92. The van der Waals surface area contributed by atoms with Crippen LogP contribution in [0.15, 0.2) is 29.1 Å². The summed E-state index contributed by atoms with van der Waals surface area (Å²) in [7, 11) is 0. The molecule has 0 aliphatic heterocycles. The molecule has 0 bridgehead atoms. The van der Waals surface area contributed by atoms with Crippen LogP contribution in [0.25, 0.3) is 0 Å². The van der Waals surface area contributed by atoms with Crippen LogP contribution in [0.2, 0.25) is 0 Å². The van der Waals surface area contributed by atoms with Crippen molar-refractivity contribution in [3.8, 4) is 0 Å². The number of halogens is 1. The van der Waals surface area contributed by atoms with Gasteiger partial charge in [-0.1, -0.05) is 0 Å². The summed E-state index contributed by atoms with van der Waals surface area (Å²) in [5.41, 5.74) is 0.448. The SMILES string of the molecule is O=C(NCCCn1cccn1)c1[nH]ncc1Br. The average molecular weight is 298 g/mol. The molecule has 1 amide bonds. The van der Waals surface area contributed by atoms with Gasteiger partial charge in [-0.05, 0) is 28.4 Å². The Labute approximate surface area is 107 Å². The lowest BCUT2D eigenvalue weighted by Gasteiger charge is -2.04. The fourth-order valence-corrected chi connectivity index (χ4v) is 1.77. The molecule has 2 rings (SSSR count). The van der Waals surface area contributed by atoms with E-state index in [-0.39, 0.29) is 5.91 Å². The Bertz CT molecular complexity index is 479. The Morgan fingerprint density at radius 3 is 3.12 bits per heavy atom. The van der Waals surface area contributed by atoms with Gasteiger partial charge in [-0.25, -0.2) is 0 Å². The standard InChI is InChI=1S/C10H12BrN5O/c11-8-7-13-15-9(8)10(17)12-3-1-5-16-6-2-4-14-16/h2,4,6-7H,1,3,5H2,(H,12,17)(H,13,15). The van der Waals surface area contributed by atoms with Crippen molar-refractivity contribution < 1.29 is 4.79 Å². The largest absolute Gasteiger partial charge is 0.351 e. The summed E-state index contributed by atoms with van der Waals surface area (Å²) in [6.07, 6.45) is 6.02. The Balaban J connectivity index is 1.72. The van der Waals surface area contributed by atoms with Crippen molar-refractivity contribution in [1.29, 1.82) is 0 Å². The van der Waals surface area contributed by atoms with Crippen LogP contribution in [0.3, 0.4) is 0 Å². The second-order valence-electron chi connectivity index (χ2n) is 3.47. The predicted octanol–water partition coefficient (Wildman–Crippen LogP) is 1.19. The minimum atomic E-state index is -0.158. The number of H-pyrrole nitrogens is 1. The molecule has 6 nitrogen and oxygen atoms in total. The smallest absolute Gasteiger partial charge is 0.270 e. The van der Waals surface area contributed by atoms with E-state index in [1.807, 2.05) is 16.9 Å². The van der Waals surface area contributed by atoms with E-state index in [1.54, 1.807) is 12.4 Å². The fourth-order valence-electron chi connectivity index (χ4n) is 1.39. The normalized spacial score (nSPS) is 10.4. The average Bonchev–Trinajstić information content (AvgIpc) is 2.95. The second kappa shape index (κ2) is 5.62. The van der Waals surface area contributed by atoms with Crippen LogP contribution in [0.1, 0.15) is 16.9 Å². The van der Waals surface area contributed by atoms with Gasteiger partial charge in [0.05, 0.1) is 10.7 Å². The van der Waals surface area contributed by atoms with E-state index in [0.717, 1.165) is 13.0 Å². The van der Waals surface area contributed by atoms with Crippen molar-refractivity contribution in [1.82, 2.24) is 25.3 Å². The van der Waals surface area contributed by atoms with Crippen LogP contribution in [-0.4, -0.2) is 32.4 Å². The maximum atomic E-state index is 11.7. The molecule has 7 heteroatoms. The van der Waals surface area contributed by atoms with E-state index >= 15 is 0 Å². The molecule has 0 radical (unpaired) electrons. The third-order valence-electron chi connectivity index (χ3n) is 2.23. The summed E-state index contributed by atoms with van der Waals surface area (Å²) in [6.45, 7) is 1.39. The lowest BCUT2D eigenvalue weighted by molar-refractivity contribution is 0.0947. The number of carbonyl (C=O) groups is 1. The molecular weight excluding hydrogens is 286 g/mol. The summed E-state index contributed by atoms with van der Waals surface area (Å²) in [6, 6.07) is 1.88. The zero-order valence-corrected chi connectivity index (χ0v) is 10.6. The highest BCUT2D eigenvalue weighted by molar-refractivity contribution is 9.10. The number of aromatic amines is 1. The minimum absolute atomic E-state index is 0.158. The summed E-state index contributed by atoms with van der Waals surface area (Å²) < 4.78 is 2.50. The molecule has 0 aromatic carbocycles. The van der Waals surface area contributed by atoms with E-state index in [1.165, 1.54) is 0 Å². The zero-order valence-electron chi connectivity index (χ0n) is 9.06.